The molecule has 0 aliphatic carbocycles. The summed E-state index contributed by atoms with van der Waals surface area (Å²) in [6.45, 7) is 6.75. The van der Waals surface area contributed by atoms with Crippen LogP contribution >= 0.6 is 39.0 Å². The minimum atomic E-state index is 0.371. The second-order valence-corrected chi connectivity index (χ2v) is 7.35. The number of halogens is 1. The van der Waals surface area contributed by atoms with Crippen molar-refractivity contribution in [1.29, 1.82) is 0 Å². The van der Waals surface area contributed by atoms with E-state index in [2.05, 4.69) is 48.1 Å². The summed E-state index contributed by atoms with van der Waals surface area (Å²) >= 11 is 7.27. The van der Waals surface area contributed by atoms with Gasteiger partial charge in [-0.15, -0.1) is 11.3 Å². The lowest BCUT2D eigenvalue weighted by molar-refractivity contribution is 0.802. The Morgan fingerprint density at radius 3 is 2.58 bits per heavy atom. The molecule has 0 nitrogen and oxygen atoms in total. The van der Waals surface area contributed by atoms with Gasteiger partial charge in [0.15, 0.2) is 0 Å². The Morgan fingerprint density at radius 1 is 1.50 bits per heavy atom. The summed E-state index contributed by atoms with van der Waals surface area (Å²) < 4.78 is 1.58. The third kappa shape index (κ3) is 3.97. The highest BCUT2D eigenvalue weighted by Gasteiger charge is 2.10. The molecule has 0 aromatic carbocycles. The van der Waals surface area contributed by atoms with Crippen LogP contribution in [0.15, 0.2) is 15.9 Å². The first-order valence-electron chi connectivity index (χ1n) is 3.84. The lowest BCUT2D eigenvalue weighted by Gasteiger charge is -2.16. The zero-order valence-corrected chi connectivity index (χ0v) is 10.8. The first-order chi connectivity index (χ1) is 5.47. The number of thioether (sulfide) groups is 1. The standard InChI is InChI=1S/C9H13BrS2/c1-9(2,3)12-6-8-4-7(10)5-11-8/h4-5H,6H2,1-3H3. The molecule has 1 heterocycles. The average Bonchev–Trinajstić information content (AvgIpc) is 2.30. The Morgan fingerprint density at radius 2 is 2.17 bits per heavy atom. The van der Waals surface area contributed by atoms with Crippen molar-refractivity contribution in [2.45, 2.75) is 31.3 Å². The molecule has 0 amide bonds. The summed E-state index contributed by atoms with van der Waals surface area (Å²) in [6.07, 6.45) is 0. The van der Waals surface area contributed by atoms with Crippen molar-refractivity contribution in [3.8, 4) is 0 Å². The maximum absolute atomic E-state index is 3.45. The normalized spacial score (nSPS) is 12.0. The molecule has 0 aliphatic rings. The fraction of sp³-hybridized carbons (Fsp3) is 0.556. The third-order valence-corrected chi connectivity index (χ3v) is 4.47. The van der Waals surface area contributed by atoms with Crippen molar-refractivity contribution in [2.24, 2.45) is 0 Å². The molecule has 0 bridgehead atoms. The van der Waals surface area contributed by atoms with E-state index in [4.69, 9.17) is 0 Å². The predicted octanol–water partition coefficient (Wildman–Crippen LogP) is 4.54. The quantitative estimate of drug-likeness (QED) is 0.756. The number of hydrogen-bond donors (Lipinski definition) is 0. The smallest absolute Gasteiger partial charge is 0.0285 e. The van der Waals surface area contributed by atoms with Crippen LogP contribution in [-0.4, -0.2) is 4.75 Å². The van der Waals surface area contributed by atoms with Crippen molar-refractivity contribution in [1.82, 2.24) is 0 Å². The van der Waals surface area contributed by atoms with Gasteiger partial charge in [0, 0.05) is 25.2 Å². The molecule has 0 saturated carbocycles. The van der Waals surface area contributed by atoms with Gasteiger partial charge in [-0.2, -0.15) is 11.8 Å². The van der Waals surface area contributed by atoms with Gasteiger partial charge in [0.25, 0.3) is 0 Å². The van der Waals surface area contributed by atoms with Crippen molar-refractivity contribution in [2.75, 3.05) is 0 Å². The van der Waals surface area contributed by atoms with Crippen LogP contribution in [0.4, 0.5) is 0 Å². The van der Waals surface area contributed by atoms with Gasteiger partial charge in [0.05, 0.1) is 0 Å². The monoisotopic (exact) mass is 264 g/mol. The van der Waals surface area contributed by atoms with E-state index in [9.17, 15) is 0 Å². The Labute approximate surface area is 90.9 Å². The summed E-state index contributed by atoms with van der Waals surface area (Å²) in [4.78, 5) is 1.45. The highest BCUT2D eigenvalue weighted by atomic mass is 79.9. The number of hydrogen-bond acceptors (Lipinski definition) is 2. The van der Waals surface area contributed by atoms with Crippen LogP contribution in [0.3, 0.4) is 0 Å². The van der Waals surface area contributed by atoms with Crippen LogP contribution in [0, 0.1) is 0 Å². The van der Waals surface area contributed by atoms with Crippen molar-refractivity contribution >= 4 is 39.0 Å². The summed E-state index contributed by atoms with van der Waals surface area (Å²) in [6, 6.07) is 2.20. The molecule has 3 heteroatoms. The van der Waals surface area contributed by atoms with Crippen LogP contribution in [-0.2, 0) is 5.75 Å². The van der Waals surface area contributed by atoms with Crippen LogP contribution in [0.1, 0.15) is 25.6 Å². The van der Waals surface area contributed by atoms with Crippen molar-refractivity contribution in [3.63, 3.8) is 0 Å². The second kappa shape index (κ2) is 4.16. The van der Waals surface area contributed by atoms with E-state index in [0.29, 0.717) is 4.75 Å². The van der Waals surface area contributed by atoms with E-state index >= 15 is 0 Å². The summed E-state index contributed by atoms with van der Waals surface area (Å²) in [5.74, 6) is 1.12. The van der Waals surface area contributed by atoms with Crippen molar-refractivity contribution in [3.05, 3.63) is 20.8 Å². The Hall–Kier alpha value is 0.530. The highest BCUT2D eigenvalue weighted by molar-refractivity contribution is 9.10. The van der Waals surface area contributed by atoms with Gasteiger partial charge in [-0.25, -0.2) is 0 Å². The van der Waals surface area contributed by atoms with Gasteiger partial charge in [0.2, 0.25) is 0 Å². The maximum atomic E-state index is 3.45. The molecule has 0 radical (unpaired) electrons. The fourth-order valence-electron chi connectivity index (χ4n) is 0.717. The van der Waals surface area contributed by atoms with E-state index in [1.54, 1.807) is 0 Å². The van der Waals surface area contributed by atoms with E-state index in [1.807, 2.05) is 23.1 Å². The second-order valence-electron chi connectivity index (χ2n) is 3.63. The van der Waals surface area contributed by atoms with Gasteiger partial charge >= 0.3 is 0 Å². The van der Waals surface area contributed by atoms with Crippen LogP contribution in [0.2, 0.25) is 0 Å². The minimum absolute atomic E-state index is 0.371. The van der Waals surface area contributed by atoms with Crippen LogP contribution in [0.25, 0.3) is 0 Å². The molecule has 0 saturated heterocycles. The lowest BCUT2D eigenvalue weighted by atomic mass is 10.3. The molecule has 0 unspecified atom stereocenters. The maximum Gasteiger partial charge on any atom is 0.0285 e. The Balaban J connectivity index is 2.44. The van der Waals surface area contributed by atoms with Crippen LogP contribution in [0.5, 0.6) is 0 Å². The Kier molecular flexibility index (Phi) is 3.68. The molecular formula is C9H13BrS2. The molecule has 68 valence electrons. The Bertz CT molecular complexity index is 247. The average molecular weight is 265 g/mol. The van der Waals surface area contributed by atoms with E-state index in [-0.39, 0.29) is 0 Å². The zero-order chi connectivity index (χ0) is 9.19. The largest absolute Gasteiger partial charge is 0.150 e. The number of thiophene rings is 1. The number of rotatable bonds is 2. The summed E-state index contributed by atoms with van der Waals surface area (Å²) in [7, 11) is 0. The van der Waals surface area contributed by atoms with Gasteiger partial charge in [-0.1, -0.05) is 20.8 Å². The molecular weight excluding hydrogens is 252 g/mol. The minimum Gasteiger partial charge on any atom is -0.150 e. The van der Waals surface area contributed by atoms with E-state index < -0.39 is 0 Å². The topological polar surface area (TPSA) is 0 Å². The van der Waals surface area contributed by atoms with E-state index in [1.165, 1.54) is 9.35 Å². The SMILES string of the molecule is CC(C)(C)SCc1cc(Br)cs1. The highest BCUT2D eigenvalue weighted by Crippen LogP contribution is 2.30. The molecule has 0 N–H and O–H groups in total. The lowest BCUT2D eigenvalue weighted by Crippen LogP contribution is -2.06. The van der Waals surface area contributed by atoms with E-state index in [0.717, 1.165) is 5.75 Å². The first kappa shape index (κ1) is 10.6. The van der Waals surface area contributed by atoms with Gasteiger partial charge in [-0.05, 0) is 22.0 Å². The van der Waals surface area contributed by atoms with Gasteiger partial charge < -0.3 is 0 Å². The molecule has 12 heavy (non-hydrogen) atoms. The van der Waals surface area contributed by atoms with Gasteiger partial charge in [0.1, 0.15) is 0 Å². The molecule has 0 fully saturated rings. The summed E-state index contributed by atoms with van der Waals surface area (Å²) in [5, 5.41) is 2.14. The molecule has 1 aromatic heterocycles. The first-order valence-corrected chi connectivity index (χ1v) is 6.50. The van der Waals surface area contributed by atoms with Gasteiger partial charge in [-0.3, -0.25) is 0 Å². The van der Waals surface area contributed by atoms with Crippen molar-refractivity contribution < 1.29 is 0 Å². The molecule has 1 aromatic rings. The molecule has 0 atom stereocenters. The van der Waals surface area contributed by atoms with Crippen LogP contribution < -0.4 is 0 Å². The summed E-state index contributed by atoms with van der Waals surface area (Å²) in [5.41, 5.74) is 0. The molecule has 0 aliphatic heterocycles. The molecule has 1 rings (SSSR count). The molecule has 0 spiro atoms. The predicted molar refractivity (Wildman–Crippen MR) is 63.1 cm³/mol. The zero-order valence-electron chi connectivity index (χ0n) is 7.56. The third-order valence-electron chi connectivity index (χ3n) is 1.27. The fourth-order valence-corrected chi connectivity index (χ4v) is 3.06.